The Bertz CT molecular complexity index is 760. The first-order valence-corrected chi connectivity index (χ1v) is 8.99. The molecule has 4 nitrogen and oxygen atoms in total. The molecule has 146 valence electrons. The van der Waals surface area contributed by atoms with E-state index in [-0.39, 0.29) is 35.2 Å². The van der Waals surface area contributed by atoms with Crippen molar-refractivity contribution in [3.63, 3.8) is 0 Å². The van der Waals surface area contributed by atoms with Crippen molar-refractivity contribution in [1.29, 1.82) is 0 Å². The number of aliphatic imine (C=N–C) groups is 1. The van der Waals surface area contributed by atoms with Crippen LogP contribution in [-0.4, -0.2) is 33.2 Å². The van der Waals surface area contributed by atoms with Crippen LogP contribution < -0.4 is 15.4 Å². The van der Waals surface area contributed by atoms with Crippen LogP contribution in [0.2, 0.25) is 0 Å². The molecule has 0 heterocycles. The third-order valence-corrected chi connectivity index (χ3v) is 4.98. The standard InChI is InChI=1S/C21H26FN3O.HI/c1-23-20(24-14-11-16-7-9-17(26-2)10-8-16)25-15-21(12-13-21)18-5-3-4-6-19(18)22;/h3-10H,11-15H2,1-2H3,(H2,23,24,25);1H. The van der Waals surface area contributed by atoms with Crippen molar-refractivity contribution < 1.29 is 9.13 Å². The third kappa shape index (κ3) is 5.57. The lowest BCUT2D eigenvalue weighted by atomic mass is 9.95. The second kappa shape index (κ2) is 9.92. The molecule has 1 saturated carbocycles. The van der Waals surface area contributed by atoms with Gasteiger partial charge in [-0.1, -0.05) is 30.3 Å². The molecule has 2 N–H and O–H groups in total. The van der Waals surface area contributed by atoms with Gasteiger partial charge in [-0.25, -0.2) is 4.39 Å². The molecule has 1 fully saturated rings. The molecular formula is C21H27FIN3O. The lowest BCUT2D eigenvalue weighted by Gasteiger charge is -2.19. The van der Waals surface area contributed by atoms with Crippen molar-refractivity contribution in [3.8, 4) is 5.75 Å². The molecule has 2 aromatic rings. The Hall–Kier alpha value is -1.83. The summed E-state index contributed by atoms with van der Waals surface area (Å²) in [5, 5.41) is 6.68. The van der Waals surface area contributed by atoms with Crippen LogP contribution in [0.3, 0.4) is 0 Å². The van der Waals surface area contributed by atoms with Crippen LogP contribution in [0.1, 0.15) is 24.0 Å². The Kier molecular flexibility index (Phi) is 7.89. The molecule has 3 rings (SSSR count). The molecule has 27 heavy (non-hydrogen) atoms. The van der Waals surface area contributed by atoms with Crippen LogP contribution in [-0.2, 0) is 11.8 Å². The van der Waals surface area contributed by atoms with Crippen molar-refractivity contribution in [2.45, 2.75) is 24.7 Å². The summed E-state index contributed by atoms with van der Waals surface area (Å²) in [6, 6.07) is 15.1. The fraction of sp³-hybridized carbons (Fsp3) is 0.381. The van der Waals surface area contributed by atoms with E-state index in [1.54, 1.807) is 20.2 Å². The number of guanidine groups is 1. The Morgan fingerprint density at radius 2 is 1.81 bits per heavy atom. The van der Waals surface area contributed by atoms with Crippen molar-refractivity contribution in [3.05, 3.63) is 65.5 Å². The average Bonchev–Trinajstić information content (AvgIpc) is 3.46. The maximum Gasteiger partial charge on any atom is 0.191 e. The Morgan fingerprint density at radius 3 is 2.41 bits per heavy atom. The number of hydrogen-bond acceptors (Lipinski definition) is 2. The zero-order valence-electron chi connectivity index (χ0n) is 15.8. The van der Waals surface area contributed by atoms with Gasteiger partial charge in [-0.15, -0.1) is 24.0 Å². The highest BCUT2D eigenvalue weighted by Gasteiger charge is 2.45. The van der Waals surface area contributed by atoms with E-state index in [1.807, 2.05) is 24.3 Å². The van der Waals surface area contributed by atoms with E-state index < -0.39 is 0 Å². The predicted molar refractivity (Wildman–Crippen MR) is 119 cm³/mol. The summed E-state index contributed by atoms with van der Waals surface area (Å²) in [6.07, 6.45) is 2.90. The molecule has 0 saturated heterocycles. The van der Waals surface area contributed by atoms with Crippen LogP contribution in [0.15, 0.2) is 53.5 Å². The van der Waals surface area contributed by atoms with Gasteiger partial charge in [0.05, 0.1) is 7.11 Å². The zero-order valence-corrected chi connectivity index (χ0v) is 18.1. The van der Waals surface area contributed by atoms with Crippen LogP contribution in [0.5, 0.6) is 5.75 Å². The van der Waals surface area contributed by atoms with Crippen molar-refractivity contribution >= 4 is 29.9 Å². The monoisotopic (exact) mass is 483 g/mol. The van der Waals surface area contributed by atoms with Crippen molar-refractivity contribution in [1.82, 2.24) is 10.6 Å². The van der Waals surface area contributed by atoms with Gasteiger partial charge in [0.2, 0.25) is 0 Å². The average molecular weight is 483 g/mol. The van der Waals surface area contributed by atoms with Gasteiger partial charge in [0.1, 0.15) is 11.6 Å². The van der Waals surface area contributed by atoms with Gasteiger partial charge in [-0.3, -0.25) is 4.99 Å². The van der Waals surface area contributed by atoms with Gasteiger partial charge in [-0.2, -0.15) is 0 Å². The predicted octanol–water partition coefficient (Wildman–Crippen LogP) is 3.89. The highest BCUT2D eigenvalue weighted by atomic mass is 127. The summed E-state index contributed by atoms with van der Waals surface area (Å²) in [6.45, 7) is 1.47. The number of rotatable bonds is 7. The minimum atomic E-state index is -0.116. The molecule has 0 unspecified atom stereocenters. The molecule has 0 amide bonds. The van der Waals surface area contributed by atoms with E-state index in [0.29, 0.717) is 6.54 Å². The second-order valence-corrected chi connectivity index (χ2v) is 6.71. The number of hydrogen-bond donors (Lipinski definition) is 2. The first-order valence-electron chi connectivity index (χ1n) is 8.99. The number of ether oxygens (including phenoxy) is 1. The number of nitrogens with zero attached hydrogens (tertiary/aromatic N) is 1. The van der Waals surface area contributed by atoms with Gasteiger partial charge in [0, 0.05) is 25.6 Å². The highest BCUT2D eigenvalue weighted by Crippen LogP contribution is 2.48. The molecule has 0 radical (unpaired) electrons. The van der Waals surface area contributed by atoms with Crippen LogP contribution in [0.4, 0.5) is 4.39 Å². The minimum Gasteiger partial charge on any atom is -0.497 e. The first kappa shape index (κ1) is 21.5. The summed E-state index contributed by atoms with van der Waals surface area (Å²) in [5.41, 5.74) is 1.94. The Labute approximate surface area is 177 Å². The summed E-state index contributed by atoms with van der Waals surface area (Å²) in [5.74, 6) is 1.50. The van der Waals surface area contributed by atoms with E-state index in [0.717, 1.165) is 43.1 Å². The van der Waals surface area contributed by atoms with Gasteiger partial charge in [-0.05, 0) is 48.6 Å². The van der Waals surface area contributed by atoms with Crippen LogP contribution in [0, 0.1) is 5.82 Å². The highest BCUT2D eigenvalue weighted by molar-refractivity contribution is 14.0. The zero-order chi connectivity index (χ0) is 18.4. The number of halogens is 2. The van der Waals surface area contributed by atoms with Gasteiger partial charge < -0.3 is 15.4 Å². The molecule has 1 aliphatic carbocycles. The minimum absolute atomic E-state index is 0. The van der Waals surface area contributed by atoms with E-state index in [9.17, 15) is 4.39 Å². The topological polar surface area (TPSA) is 45.7 Å². The quantitative estimate of drug-likeness (QED) is 0.357. The van der Waals surface area contributed by atoms with Crippen LogP contribution in [0.25, 0.3) is 0 Å². The maximum atomic E-state index is 14.1. The van der Waals surface area contributed by atoms with Crippen molar-refractivity contribution in [2.24, 2.45) is 4.99 Å². The summed E-state index contributed by atoms with van der Waals surface area (Å²) < 4.78 is 19.3. The lowest BCUT2D eigenvalue weighted by molar-refractivity contribution is 0.414. The lowest BCUT2D eigenvalue weighted by Crippen LogP contribution is -2.42. The van der Waals surface area contributed by atoms with E-state index >= 15 is 0 Å². The number of methoxy groups -OCH3 is 1. The molecule has 1 aliphatic rings. The van der Waals surface area contributed by atoms with Gasteiger partial charge in [0.15, 0.2) is 5.96 Å². The summed E-state index contributed by atoms with van der Waals surface area (Å²) in [4.78, 5) is 4.27. The molecular weight excluding hydrogens is 456 g/mol. The fourth-order valence-corrected chi connectivity index (χ4v) is 3.17. The van der Waals surface area contributed by atoms with E-state index in [1.165, 1.54) is 11.6 Å². The van der Waals surface area contributed by atoms with Crippen LogP contribution >= 0.6 is 24.0 Å². The van der Waals surface area contributed by atoms with Crippen molar-refractivity contribution in [2.75, 3.05) is 27.2 Å². The third-order valence-electron chi connectivity index (χ3n) is 4.98. The Balaban J connectivity index is 0.00000261. The molecule has 6 heteroatoms. The van der Waals surface area contributed by atoms with Gasteiger partial charge in [0.25, 0.3) is 0 Å². The SMILES string of the molecule is CN=C(NCCc1ccc(OC)cc1)NCC1(c2ccccc2F)CC1.I. The molecule has 0 spiro atoms. The largest absolute Gasteiger partial charge is 0.497 e. The summed E-state index contributed by atoms with van der Waals surface area (Å²) in [7, 11) is 3.42. The molecule has 0 aromatic heterocycles. The van der Waals surface area contributed by atoms with E-state index in [4.69, 9.17) is 4.74 Å². The fourth-order valence-electron chi connectivity index (χ4n) is 3.17. The Morgan fingerprint density at radius 1 is 1.11 bits per heavy atom. The normalized spacial score (nSPS) is 14.9. The molecule has 0 atom stereocenters. The summed E-state index contributed by atoms with van der Waals surface area (Å²) >= 11 is 0. The van der Waals surface area contributed by atoms with Gasteiger partial charge >= 0.3 is 0 Å². The first-order chi connectivity index (χ1) is 12.7. The molecule has 0 bridgehead atoms. The number of nitrogens with one attached hydrogen (secondary N) is 2. The van der Waals surface area contributed by atoms with E-state index in [2.05, 4.69) is 27.8 Å². The molecule has 2 aromatic carbocycles. The molecule has 0 aliphatic heterocycles. The second-order valence-electron chi connectivity index (χ2n) is 6.71. The number of benzene rings is 2. The maximum absolute atomic E-state index is 14.1. The smallest absolute Gasteiger partial charge is 0.191 e.